The van der Waals surface area contributed by atoms with Gasteiger partial charge in [0.05, 0.1) is 9.79 Å². The maximum atomic E-state index is 12.8. The van der Waals surface area contributed by atoms with Gasteiger partial charge in [0.1, 0.15) is 6.10 Å². The molecule has 2 aliphatic rings. The molecule has 12 heteroatoms. The second-order valence-electron chi connectivity index (χ2n) is 7.72. The molecule has 5 atom stereocenters. The molecule has 2 saturated heterocycles. The molecule has 0 unspecified atom stereocenters. The summed E-state index contributed by atoms with van der Waals surface area (Å²) in [5.41, 5.74) is 1.69. The summed E-state index contributed by atoms with van der Waals surface area (Å²) in [5, 5.41) is 0. The quantitative estimate of drug-likeness (QED) is 0.408. The topological polar surface area (TPSA) is 132 Å². The van der Waals surface area contributed by atoms with Gasteiger partial charge < -0.3 is 14.2 Å². The number of ether oxygens (including phenoxy) is 3. The fourth-order valence-corrected chi connectivity index (χ4v) is 5.67. The summed E-state index contributed by atoms with van der Waals surface area (Å²) in [6.45, 7) is 3.59. The SMILES string of the molecule is CO[C@@H]1O[C@H]2[C@H](OC(=O)[C@@H]2OS(=O)(=O)c2ccc(C)cc2)[C@H]1OS(=O)(=O)c1ccc(C)cc1. The average Bonchev–Trinajstić information content (AvgIpc) is 3.24. The van der Waals surface area contributed by atoms with Crippen molar-refractivity contribution >= 4 is 26.2 Å². The summed E-state index contributed by atoms with van der Waals surface area (Å²) in [6, 6.07) is 11.8. The number of carbonyl (C=O) groups is 1. The Kier molecular flexibility index (Phi) is 6.33. The third-order valence-corrected chi connectivity index (χ3v) is 7.95. The highest BCUT2D eigenvalue weighted by Gasteiger charge is 2.61. The molecule has 0 N–H and O–H groups in total. The van der Waals surface area contributed by atoms with Crippen molar-refractivity contribution in [1.82, 2.24) is 0 Å². The van der Waals surface area contributed by atoms with E-state index in [1.165, 1.54) is 31.4 Å². The van der Waals surface area contributed by atoms with Gasteiger partial charge in [-0.1, -0.05) is 35.4 Å². The van der Waals surface area contributed by atoms with Gasteiger partial charge in [-0.3, -0.25) is 4.18 Å². The van der Waals surface area contributed by atoms with E-state index in [1.807, 2.05) is 0 Å². The van der Waals surface area contributed by atoms with Crippen molar-refractivity contribution in [2.45, 2.75) is 54.3 Å². The van der Waals surface area contributed by atoms with Crippen LogP contribution in [-0.4, -0.2) is 60.6 Å². The highest BCUT2D eigenvalue weighted by Crippen LogP contribution is 2.38. The van der Waals surface area contributed by atoms with Gasteiger partial charge in [-0.15, -0.1) is 0 Å². The van der Waals surface area contributed by atoms with E-state index < -0.39 is 56.9 Å². The molecule has 2 aromatic rings. The van der Waals surface area contributed by atoms with Crippen molar-refractivity contribution in [3.05, 3.63) is 59.7 Å². The Balaban J connectivity index is 1.56. The molecule has 0 bridgehead atoms. The van der Waals surface area contributed by atoms with Crippen LogP contribution in [0.4, 0.5) is 0 Å². The Labute approximate surface area is 191 Å². The molecule has 10 nitrogen and oxygen atoms in total. The Bertz CT molecular complexity index is 1240. The van der Waals surface area contributed by atoms with Gasteiger partial charge in [0.15, 0.2) is 18.5 Å². The summed E-state index contributed by atoms with van der Waals surface area (Å²) in [4.78, 5) is 12.2. The summed E-state index contributed by atoms with van der Waals surface area (Å²) < 4.78 is 77.2. The monoisotopic (exact) mass is 498 g/mol. The van der Waals surface area contributed by atoms with Crippen molar-refractivity contribution in [1.29, 1.82) is 0 Å². The van der Waals surface area contributed by atoms with Crippen LogP contribution in [0.2, 0.25) is 0 Å². The number of hydrogen-bond acceptors (Lipinski definition) is 10. The van der Waals surface area contributed by atoms with E-state index in [4.69, 9.17) is 22.6 Å². The molecule has 2 aromatic carbocycles. The average molecular weight is 499 g/mol. The molecule has 4 rings (SSSR count). The minimum Gasteiger partial charge on any atom is -0.454 e. The largest absolute Gasteiger partial charge is 0.454 e. The summed E-state index contributed by atoms with van der Waals surface area (Å²) in [7, 11) is -7.36. The Hall–Kier alpha value is -2.35. The smallest absolute Gasteiger partial charge is 0.340 e. The third kappa shape index (κ3) is 4.67. The molecular weight excluding hydrogens is 476 g/mol. The van der Waals surface area contributed by atoms with E-state index in [1.54, 1.807) is 38.1 Å². The third-order valence-electron chi connectivity index (χ3n) is 5.31. The van der Waals surface area contributed by atoms with Gasteiger partial charge in [-0.05, 0) is 38.1 Å². The van der Waals surface area contributed by atoms with Crippen LogP contribution >= 0.6 is 0 Å². The van der Waals surface area contributed by atoms with E-state index >= 15 is 0 Å². The number of fused-ring (bicyclic) bond motifs is 1. The van der Waals surface area contributed by atoms with E-state index in [0.29, 0.717) is 0 Å². The van der Waals surface area contributed by atoms with Crippen LogP contribution < -0.4 is 0 Å². The normalized spacial score (nSPS) is 27.4. The first kappa shape index (κ1) is 23.8. The molecule has 0 radical (unpaired) electrons. The minimum absolute atomic E-state index is 0.106. The molecule has 33 heavy (non-hydrogen) atoms. The zero-order valence-corrected chi connectivity index (χ0v) is 19.5. The van der Waals surface area contributed by atoms with Gasteiger partial charge in [0.25, 0.3) is 20.2 Å². The molecule has 0 saturated carbocycles. The fourth-order valence-electron chi connectivity index (χ4n) is 3.55. The zero-order chi connectivity index (χ0) is 24.0. The first-order chi connectivity index (χ1) is 15.5. The molecule has 0 spiro atoms. The van der Waals surface area contributed by atoms with Crippen molar-refractivity contribution in [2.75, 3.05) is 7.11 Å². The molecular formula is C21H22O10S2. The van der Waals surface area contributed by atoms with E-state index in [0.717, 1.165) is 11.1 Å². The first-order valence-corrected chi connectivity index (χ1v) is 12.7. The molecule has 0 aliphatic carbocycles. The van der Waals surface area contributed by atoms with Gasteiger partial charge in [-0.2, -0.15) is 16.8 Å². The Morgan fingerprint density at radius 2 is 1.24 bits per heavy atom. The number of hydrogen-bond donors (Lipinski definition) is 0. The van der Waals surface area contributed by atoms with Crippen LogP contribution in [-0.2, 0) is 47.6 Å². The van der Waals surface area contributed by atoms with Crippen LogP contribution in [0.15, 0.2) is 58.3 Å². The van der Waals surface area contributed by atoms with Crippen LogP contribution in [0.1, 0.15) is 11.1 Å². The van der Waals surface area contributed by atoms with Crippen molar-refractivity contribution in [3.8, 4) is 0 Å². The second kappa shape index (κ2) is 8.78. The van der Waals surface area contributed by atoms with Crippen molar-refractivity contribution in [3.63, 3.8) is 0 Å². The van der Waals surface area contributed by atoms with Gasteiger partial charge >= 0.3 is 5.97 Å². The zero-order valence-electron chi connectivity index (χ0n) is 17.9. The highest BCUT2D eigenvalue weighted by atomic mass is 32.2. The number of rotatable bonds is 7. The van der Waals surface area contributed by atoms with Crippen LogP contribution in [0, 0.1) is 13.8 Å². The lowest BCUT2D eigenvalue weighted by atomic mass is 10.1. The van der Waals surface area contributed by atoms with Crippen LogP contribution in [0.5, 0.6) is 0 Å². The van der Waals surface area contributed by atoms with Crippen LogP contribution in [0.3, 0.4) is 0 Å². The number of carbonyl (C=O) groups excluding carboxylic acids is 1. The van der Waals surface area contributed by atoms with Gasteiger partial charge in [0, 0.05) is 7.11 Å². The highest BCUT2D eigenvalue weighted by molar-refractivity contribution is 7.87. The van der Waals surface area contributed by atoms with Gasteiger partial charge in [-0.25, -0.2) is 8.98 Å². The Morgan fingerprint density at radius 3 is 1.73 bits per heavy atom. The summed E-state index contributed by atoms with van der Waals surface area (Å²) >= 11 is 0. The lowest BCUT2D eigenvalue weighted by Crippen LogP contribution is -2.38. The predicted octanol–water partition coefficient (Wildman–Crippen LogP) is 1.45. The lowest BCUT2D eigenvalue weighted by Gasteiger charge is -2.20. The molecule has 0 aromatic heterocycles. The summed E-state index contributed by atoms with van der Waals surface area (Å²) in [5.74, 6) is -1.02. The first-order valence-electron chi connectivity index (χ1n) is 9.90. The molecule has 178 valence electrons. The predicted molar refractivity (Wildman–Crippen MR) is 112 cm³/mol. The summed E-state index contributed by atoms with van der Waals surface area (Å²) in [6.07, 6.45) is -6.80. The number of benzene rings is 2. The molecule has 2 aliphatic heterocycles. The lowest BCUT2D eigenvalue weighted by molar-refractivity contribution is -0.170. The number of esters is 1. The fraction of sp³-hybridized carbons (Fsp3) is 0.381. The van der Waals surface area contributed by atoms with Crippen LogP contribution in [0.25, 0.3) is 0 Å². The van der Waals surface area contributed by atoms with Gasteiger partial charge in [0.2, 0.25) is 6.10 Å². The number of aryl methyl sites for hydroxylation is 2. The number of methoxy groups -OCH3 is 1. The van der Waals surface area contributed by atoms with E-state index in [2.05, 4.69) is 0 Å². The van der Waals surface area contributed by atoms with E-state index in [-0.39, 0.29) is 9.79 Å². The molecule has 2 fully saturated rings. The molecule has 0 amide bonds. The Morgan fingerprint density at radius 1 is 0.758 bits per heavy atom. The molecule has 2 heterocycles. The van der Waals surface area contributed by atoms with Crippen molar-refractivity contribution < 1.29 is 44.2 Å². The minimum atomic E-state index is -4.34. The maximum absolute atomic E-state index is 12.8. The maximum Gasteiger partial charge on any atom is 0.340 e. The van der Waals surface area contributed by atoms with E-state index in [9.17, 15) is 21.6 Å². The van der Waals surface area contributed by atoms with Crippen molar-refractivity contribution in [2.24, 2.45) is 0 Å². The second-order valence-corrected chi connectivity index (χ2v) is 10.9. The standard InChI is InChI=1S/C21H22O10S2/c1-12-4-8-14(9-5-12)32(23,24)30-18-16-17(28-20(18)22)19(21(27-3)29-16)31-33(25,26)15-10-6-13(2)7-11-15/h4-11,16-19,21H,1-3H3/t16-,17-,18+,19+,21+/m0/s1.